The molecule has 0 aliphatic carbocycles. The third-order valence-electron chi connectivity index (χ3n) is 4.88. The number of hydrogen-bond donors (Lipinski definition) is 2. The second kappa shape index (κ2) is 9.86. The number of allylic oxidation sites excluding steroid dienone is 1. The molecule has 0 saturated carbocycles. The van der Waals surface area contributed by atoms with Crippen molar-refractivity contribution in [1.82, 2.24) is 5.32 Å². The molecule has 1 aliphatic heterocycles. The predicted octanol–water partition coefficient (Wildman–Crippen LogP) is 2.87. The molecule has 10 heteroatoms. The average Bonchev–Trinajstić information content (AvgIpc) is 2.87. The van der Waals surface area contributed by atoms with Crippen molar-refractivity contribution in [3.8, 4) is 0 Å². The lowest BCUT2D eigenvalue weighted by Crippen LogP contribution is -2.44. The number of para-hydroxylation sites is 3. The van der Waals surface area contributed by atoms with Gasteiger partial charge in [0, 0.05) is 5.70 Å². The lowest BCUT2D eigenvalue weighted by molar-refractivity contribution is -0.137. The van der Waals surface area contributed by atoms with Crippen LogP contribution in [-0.4, -0.2) is 45.5 Å². The van der Waals surface area contributed by atoms with E-state index in [-0.39, 0.29) is 18.0 Å². The molecule has 33 heavy (non-hydrogen) atoms. The number of hydrogen-bond acceptors (Lipinski definition) is 7. The third kappa shape index (κ3) is 5.58. The van der Waals surface area contributed by atoms with E-state index in [4.69, 9.17) is 4.74 Å². The predicted molar refractivity (Wildman–Crippen MR) is 128 cm³/mol. The molecule has 0 fully saturated rings. The van der Waals surface area contributed by atoms with E-state index in [0.29, 0.717) is 28.3 Å². The number of aliphatic imine (C=N–C) groups is 1. The molecule has 0 radical (unpaired) electrons. The second-order valence-electron chi connectivity index (χ2n) is 7.43. The Balaban J connectivity index is 1.98. The first-order valence-electron chi connectivity index (χ1n) is 10.3. The maximum atomic E-state index is 13.0. The molecule has 2 N–H and O–H groups in total. The van der Waals surface area contributed by atoms with Gasteiger partial charge in [-0.15, -0.1) is 0 Å². The van der Waals surface area contributed by atoms with Crippen LogP contribution >= 0.6 is 0 Å². The SMILES string of the molecule is CCOC(=O)C1=C(C)Nc2ccccc2N=C1NC(=O)CN(c1ccccc1C)S(C)(=O)=O. The maximum Gasteiger partial charge on any atom is 0.343 e. The number of benzene rings is 2. The molecule has 0 unspecified atom stereocenters. The summed E-state index contributed by atoms with van der Waals surface area (Å²) in [5.74, 6) is -1.34. The van der Waals surface area contributed by atoms with Crippen LogP contribution in [0.4, 0.5) is 17.1 Å². The standard InChI is InChI=1S/C23H26N4O5S/c1-5-32-23(29)21-16(3)24-17-11-7-8-12-18(17)25-22(21)26-20(28)14-27(33(4,30)31)19-13-9-6-10-15(19)2/h6-13,24H,5,14H2,1-4H3,(H,25,26,28). The maximum absolute atomic E-state index is 13.0. The van der Waals surface area contributed by atoms with Crippen LogP contribution in [0.5, 0.6) is 0 Å². The van der Waals surface area contributed by atoms with Crippen LogP contribution in [0.2, 0.25) is 0 Å². The first-order chi connectivity index (χ1) is 15.6. The highest BCUT2D eigenvalue weighted by atomic mass is 32.2. The summed E-state index contributed by atoms with van der Waals surface area (Å²) in [7, 11) is -3.76. The number of anilines is 2. The van der Waals surface area contributed by atoms with Gasteiger partial charge in [-0.05, 0) is 44.5 Å². The van der Waals surface area contributed by atoms with Crippen LogP contribution in [0.3, 0.4) is 0 Å². The molecule has 3 rings (SSSR count). The molecule has 2 aromatic carbocycles. The monoisotopic (exact) mass is 470 g/mol. The molecule has 2 aromatic rings. The van der Waals surface area contributed by atoms with E-state index < -0.39 is 28.4 Å². The summed E-state index contributed by atoms with van der Waals surface area (Å²) in [6.45, 7) is 4.75. The molecular formula is C23H26N4O5S. The fourth-order valence-electron chi connectivity index (χ4n) is 3.37. The van der Waals surface area contributed by atoms with Crippen LogP contribution in [0.1, 0.15) is 19.4 Å². The van der Waals surface area contributed by atoms with Gasteiger partial charge in [0.15, 0.2) is 0 Å². The molecule has 1 amide bonds. The van der Waals surface area contributed by atoms with Crippen LogP contribution in [0.15, 0.2) is 64.8 Å². The highest BCUT2D eigenvalue weighted by molar-refractivity contribution is 7.92. The Morgan fingerprint density at radius 3 is 2.42 bits per heavy atom. The van der Waals surface area contributed by atoms with Crippen molar-refractivity contribution in [2.24, 2.45) is 4.99 Å². The quantitative estimate of drug-likeness (QED) is 0.627. The number of ether oxygens (including phenoxy) is 1. The van der Waals surface area contributed by atoms with Gasteiger partial charge >= 0.3 is 5.97 Å². The first kappa shape index (κ1) is 24.0. The van der Waals surface area contributed by atoms with Gasteiger partial charge in [0.25, 0.3) is 0 Å². The zero-order valence-electron chi connectivity index (χ0n) is 18.9. The smallest absolute Gasteiger partial charge is 0.343 e. The molecule has 9 nitrogen and oxygen atoms in total. The van der Waals surface area contributed by atoms with Gasteiger partial charge in [0.1, 0.15) is 18.0 Å². The van der Waals surface area contributed by atoms with Crippen molar-refractivity contribution in [2.45, 2.75) is 20.8 Å². The number of esters is 1. The summed E-state index contributed by atoms with van der Waals surface area (Å²) < 4.78 is 31.1. The van der Waals surface area contributed by atoms with Gasteiger partial charge in [-0.3, -0.25) is 9.10 Å². The topological polar surface area (TPSA) is 117 Å². The van der Waals surface area contributed by atoms with Gasteiger partial charge in [-0.25, -0.2) is 18.2 Å². The van der Waals surface area contributed by atoms with E-state index in [1.54, 1.807) is 63.2 Å². The average molecular weight is 471 g/mol. The Kier molecular flexibility index (Phi) is 7.17. The molecule has 0 spiro atoms. The summed E-state index contributed by atoms with van der Waals surface area (Å²) in [5.41, 5.74) is 2.74. The Labute approximate surface area is 193 Å². The van der Waals surface area contributed by atoms with Crippen molar-refractivity contribution in [3.63, 3.8) is 0 Å². The van der Waals surface area contributed by atoms with E-state index in [1.807, 2.05) is 6.07 Å². The molecule has 1 heterocycles. The van der Waals surface area contributed by atoms with Crippen LogP contribution in [0, 0.1) is 6.92 Å². The Bertz CT molecular complexity index is 1250. The van der Waals surface area contributed by atoms with E-state index >= 15 is 0 Å². The van der Waals surface area contributed by atoms with Crippen molar-refractivity contribution in [1.29, 1.82) is 0 Å². The van der Waals surface area contributed by atoms with Crippen molar-refractivity contribution in [3.05, 3.63) is 65.4 Å². The Morgan fingerprint density at radius 1 is 1.09 bits per heavy atom. The normalized spacial score (nSPS) is 13.3. The number of carbonyl (C=O) groups is 2. The minimum absolute atomic E-state index is 0.0216. The second-order valence-corrected chi connectivity index (χ2v) is 9.33. The summed E-state index contributed by atoms with van der Waals surface area (Å²) in [6, 6.07) is 14.0. The van der Waals surface area contributed by atoms with Gasteiger partial charge in [-0.1, -0.05) is 30.3 Å². The van der Waals surface area contributed by atoms with E-state index in [1.165, 1.54) is 0 Å². The molecule has 0 bridgehead atoms. The number of fused-ring (bicyclic) bond motifs is 1. The van der Waals surface area contributed by atoms with Gasteiger partial charge in [-0.2, -0.15) is 0 Å². The number of carbonyl (C=O) groups excluding carboxylic acids is 2. The van der Waals surface area contributed by atoms with Gasteiger partial charge in [0.2, 0.25) is 15.9 Å². The largest absolute Gasteiger partial charge is 0.462 e. The van der Waals surface area contributed by atoms with E-state index in [9.17, 15) is 18.0 Å². The van der Waals surface area contributed by atoms with Crippen molar-refractivity contribution in [2.75, 3.05) is 29.0 Å². The lowest BCUT2D eigenvalue weighted by Gasteiger charge is -2.24. The first-order valence-corrected chi connectivity index (χ1v) is 12.1. The molecule has 0 atom stereocenters. The minimum Gasteiger partial charge on any atom is -0.462 e. The van der Waals surface area contributed by atoms with Crippen molar-refractivity contribution >= 4 is 44.8 Å². The van der Waals surface area contributed by atoms with E-state index in [0.717, 1.165) is 10.6 Å². The number of sulfonamides is 1. The Morgan fingerprint density at radius 2 is 1.76 bits per heavy atom. The number of amides is 1. The highest BCUT2D eigenvalue weighted by Crippen LogP contribution is 2.30. The lowest BCUT2D eigenvalue weighted by atomic mass is 10.2. The zero-order chi connectivity index (χ0) is 24.2. The summed E-state index contributed by atoms with van der Waals surface area (Å²) in [4.78, 5) is 30.2. The number of nitrogens with zero attached hydrogens (tertiary/aromatic N) is 2. The molecule has 0 saturated heterocycles. The molecule has 174 valence electrons. The minimum atomic E-state index is -3.76. The zero-order valence-corrected chi connectivity index (χ0v) is 19.7. The fraction of sp³-hybridized carbons (Fsp3) is 0.261. The number of aryl methyl sites for hydroxylation is 1. The molecule has 1 aliphatic rings. The molecule has 0 aromatic heterocycles. The van der Waals surface area contributed by atoms with Crippen LogP contribution in [-0.2, 0) is 24.3 Å². The number of rotatable bonds is 6. The number of nitrogens with one attached hydrogen (secondary N) is 2. The molecular weight excluding hydrogens is 444 g/mol. The van der Waals surface area contributed by atoms with Crippen LogP contribution < -0.4 is 14.9 Å². The van der Waals surface area contributed by atoms with Gasteiger partial charge in [0.05, 0.1) is 29.9 Å². The summed E-state index contributed by atoms with van der Waals surface area (Å²) in [6.07, 6.45) is 1.03. The van der Waals surface area contributed by atoms with Crippen molar-refractivity contribution < 1.29 is 22.7 Å². The Hall–Kier alpha value is -3.66. The summed E-state index contributed by atoms with van der Waals surface area (Å²) >= 11 is 0. The van der Waals surface area contributed by atoms with E-state index in [2.05, 4.69) is 15.6 Å². The summed E-state index contributed by atoms with van der Waals surface area (Å²) in [5, 5.41) is 5.74. The number of amidine groups is 1. The third-order valence-corrected chi connectivity index (χ3v) is 6.01. The van der Waals surface area contributed by atoms with Gasteiger partial charge < -0.3 is 15.4 Å². The van der Waals surface area contributed by atoms with Crippen LogP contribution in [0.25, 0.3) is 0 Å². The highest BCUT2D eigenvalue weighted by Gasteiger charge is 2.28. The fourth-order valence-corrected chi connectivity index (χ4v) is 4.28.